The molecule has 2 aromatic heterocycles. The number of alkyl halides is 3. The van der Waals surface area contributed by atoms with Crippen molar-refractivity contribution in [3.8, 4) is 5.75 Å². The number of nitrogens with one attached hydrogen (secondary N) is 1. The maximum atomic E-state index is 12.9. The van der Waals surface area contributed by atoms with Crippen molar-refractivity contribution in [3.05, 3.63) is 47.9 Å². The Labute approximate surface area is 193 Å². The lowest BCUT2D eigenvalue weighted by atomic mass is 9.92. The predicted molar refractivity (Wildman–Crippen MR) is 119 cm³/mol. The van der Waals surface area contributed by atoms with Crippen LogP contribution in [0.15, 0.2) is 36.5 Å². The van der Waals surface area contributed by atoms with Gasteiger partial charge in [-0.1, -0.05) is 26.8 Å². The molecule has 1 aromatic carbocycles. The molecule has 0 atom stereocenters. The monoisotopic (exact) mass is 475 g/mol. The van der Waals surface area contributed by atoms with Crippen LogP contribution in [0.3, 0.4) is 0 Å². The molecule has 8 nitrogen and oxygen atoms in total. The zero-order valence-electron chi connectivity index (χ0n) is 19.1. The molecule has 1 N–H and O–H groups in total. The van der Waals surface area contributed by atoms with Crippen molar-refractivity contribution in [2.45, 2.75) is 33.0 Å². The van der Waals surface area contributed by atoms with Crippen LogP contribution in [0.1, 0.15) is 43.0 Å². The molecule has 0 radical (unpaired) electrons. The van der Waals surface area contributed by atoms with E-state index in [1.54, 1.807) is 27.9 Å². The van der Waals surface area contributed by atoms with Crippen LogP contribution in [0.2, 0.25) is 0 Å². The average molecular weight is 475 g/mol. The molecule has 0 bridgehead atoms. The Hall–Kier alpha value is -3.63. The van der Waals surface area contributed by atoms with E-state index in [1.807, 2.05) is 20.8 Å². The van der Waals surface area contributed by atoms with Gasteiger partial charge in [0.15, 0.2) is 0 Å². The fourth-order valence-electron chi connectivity index (χ4n) is 3.69. The van der Waals surface area contributed by atoms with Crippen molar-refractivity contribution >= 4 is 28.4 Å². The highest BCUT2D eigenvalue weighted by atomic mass is 19.4. The molecule has 0 saturated carbocycles. The van der Waals surface area contributed by atoms with E-state index in [0.29, 0.717) is 29.7 Å². The van der Waals surface area contributed by atoms with Gasteiger partial charge in [-0.05, 0) is 18.2 Å². The maximum absolute atomic E-state index is 12.9. The van der Waals surface area contributed by atoms with E-state index in [0.717, 1.165) is 12.1 Å². The molecule has 1 fully saturated rings. The van der Waals surface area contributed by atoms with Crippen molar-refractivity contribution < 1.29 is 27.5 Å². The second-order valence-corrected chi connectivity index (χ2v) is 9.19. The van der Waals surface area contributed by atoms with E-state index in [9.17, 15) is 22.8 Å². The summed E-state index contributed by atoms with van der Waals surface area (Å²) in [5.74, 6) is -0.418. The Balaban J connectivity index is 1.54. The number of likely N-dealkylation sites (tertiary alicyclic amines) is 1. The number of halogens is 3. The number of carbonyl (C=O) groups excluding carboxylic acids is 2. The number of anilines is 1. The van der Waals surface area contributed by atoms with Crippen molar-refractivity contribution in [3.63, 3.8) is 0 Å². The first-order valence-corrected chi connectivity index (χ1v) is 10.6. The van der Waals surface area contributed by atoms with Gasteiger partial charge in [0.2, 0.25) is 5.91 Å². The van der Waals surface area contributed by atoms with Gasteiger partial charge < -0.3 is 15.0 Å². The lowest BCUT2D eigenvalue weighted by molar-refractivity contribution is -0.145. The number of benzene rings is 1. The minimum atomic E-state index is -4.66. The van der Waals surface area contributed by atoms with Gasteiger partial charge in [0.25, 0.3) is 5.91 Å². The van der Waals surface area contributed by atoms with E-state index in [2.05, 4.69) is 15.4 Å². The first-order chi connectivity index (χ1) is 15.9. The molecule has 11 heteroatoms. The van der Waals surface area contributed by atoms with E-state index >= 15 is 0 Å². The van der Waals surface area contributed by atoms with E-state index < -0.39 is 23.2 Å². The van der Waals surface area contributed by atoms with E-state index in [-0.39, 0.29) is 23.3 Å². The second-order valence-electron chi connectivity index (χ2n) is 9.19. The Kier molecular flexibility index (Phi) is 5.74. The Morgan fingerprint density at radius 2 is 1.85 bits per heavy atom. The number of ether oxygens (including phenoxy) is 1. The molecule has 1 aliphatic rings. The number of pyridine rings is 1. The highest BCUT2D eigenvalue weighted by Gasteiger charge is 2.37. The third-order valence-electron chi connectivity index (χ3n) is 5.53. The number of nitrogens with zero attached hydrogens (tertiary/aromatic N) is 4. The van der Waals surface area contributed by atoms with E-state index in [1.165, 1.54) is 13.2 Å². The number of fused-ring (bicyclic) bond motifs is 1. The van der Waals surface area contributed by atoms with Crippen molar-refractivity contribution in [1.82, 2.24) is 19.7 Å². The van der Waals surface area contributed by atoms with E-state index in [4.69, 9.17) is 4.74 Å². The standard InChI is InChI=1S/C23H24F3N5O3/c1-22(2,3)21(33)30-11-14(12-30)31-10-13-8-17(18(34-4)9-16(13)29-31)28-20(32)15-6-5-7-19(27-15)23(24,25)26/h5-10,14H,11-12H2,1-4H3,(H,28,32). The molecule has 0 spiro atoms. The number of rotatable bonds is 4. The molecule has 3 heterocycles. The van der Waals surface area contributed by atoms with Crippen LogP contribution in [0.4, 0.5) is 18.9 Å². The quantitative estimate of drug-likeness (QED) is 0.613. The van der Waals surface area contributed by atoms with Crippen LogP contribution in [-0.2, 0) is 11.0 Å². The molecule has 1 aliphatic heterocycles. The highest BCUT2D eigenvalue weighted by molar-refractivity contribution is 6.05. The van der Waals surface area contributed by atoms with Crippen molar-refractivity contribution in [1.29, 1.82) is 0 Å². The summed E-state index contributed by atoms with van der Waals surface area (Å²) in [6, 6.07) is 6.43. The average Bonchev–Trinajstić information content (AvgIpc) is 3.12. The molecular formula is C23H24F3N5O3. The van der Waals surface area contributed by atoms with Crippen LogP contribution in [-0.4, -0.2) is 51.7 Å². The Morgan fingerprint density at radius 1 is 1.15 bits per heavy atom. The molecule has 1 saturated heterocycles. The minimum Gasteiger partial charge on any atom is -0.494 e. The number of carbonyl (C=O) groups is 2. The number of amides is 2. The number of aromatic nitrogens is 3. The highest BCUT2D eigenvalue weighted by Crippen LogP contribution is 2.33. The molecule has 2 amide bonds. The third-order valence-corrected chi connectivity index (χ3v) is 5.53. The number of hydrogen-bond donors (Lipinski definition) is 1. The fourth-order valence-corrected chi connectivity index (χ4v) is 3.69. The molecule has 180 valence electrons. The topological polar surface area (TPSA) is 89.4 Å². The molecule has 0 aliphatic carbocycles. The smallest absolute Gasteiger partial charge is 0.433 e. The van der Waals surface area contributed by atoms with Gasteiger partial charge in [-0.3, -0.25) is 14.3 Å². The molecule has 4 rings (SSSR count). The second kappa shape index (κ2) is 8.30. The van der Waals surface area contributed by atoms with Crippen molar-refractivity contribution in [2.75, 3.05) is 25.5 Å². The van der Waals surface area contributed by atoms with Gasteiger partial charge >= 0.3 is 6.18 Å². The maximum Gasteiger partial charge on any atom is 0.433 e. The molecule has 3 aromatic rings. The summed E-state index contributed by atoms with van der Waals surface area (Å²) in [7, 11) is 1.41. The Morgan fingerprint density at radius 3 is 2.47 bits per heavy atom. The zero-order valence-corrected chi connectivity index (χ0v) is 19.1. The summed E-state index contributed by atoms with van der Waals surface area (Å²) in [6.07, 6.45) is -2.85. The Bertz CT molecular complexity index is 1260. The minimum absolute atomic E-state index is 0.0250. The van der Waals surface area contributed by atoms with Gasteiger partial charge in [0, 0.05) is 36.2 Å². The first kappa shape index (κ1) is 23.5. The summed E-state index contributed by atoms with van der Waals surface area (Å²) < 4.78 is 45.9. The molecule has 34 heavy (non-hydrogen) atoms. The SMILES string of the molecule is COc1cc2nn(C3CN(C(=O)C(C)(C)C)C3)cc2cc1NC(=O)c1cccc(C(F)(F)F)n1. The largest absolute Gasteiger partial charge is 0.494 e. The lowest BCUT2D eigenvalue weighted by Crippen LogP contribution is -2.54. The van der Waals surface area contributed by atoms with Gasteiger partial charge in [-0.2, -0.15) is 18.3 Å². The van der Waals surface area contributed by atoms with Crippen molar-refractivity contribution in [2.24, 2.45) is 5.41 Å². The van der Waals surface area contributed by atoms with Crippen LogP contribution >= 0.6 is 0 Å². The van der Waals surface area contributed by atoms with Crippen LogP contribution in [0.25, 0.3) is 10.9 Å². The summed E-state index contributed by atoms with van der Waals surface area (Å²) >= 11 is 0. The molecular weight excluding hydrogens is 451 g/mol. The van der Waals surface area contributed by atoms with Crippen LogP contribution in [0, 0.1) is 5.41 Å². The lowest BCUT2D eigenvalue weighted by Gasteiger charge is -2.42. The normalized spacial score (nSPS) is 14.7. The predicted octanol–water partition coefficient (Wildman–Crippen LogP) is 4.14. The fraction of sp³-hybridized carbons (Fsp3) is 0.391. The molecule has 0 unspecified atom stereocenters. The van der Waals surface area contributed by atoms with Crippen LogP contribution < -0.4 is 10.1 Å². The third kappa shape index (κ3) is 4.55. The summed E-state index contributed by atoms with van der Waals surface area (Å²) in [5.41, 5.74) is -1.08. The van der Waals surface area contributed by atoms with Gasteiger partial charge in [0.1, 0.15) is 17.1 Å². The van der Waals surface area contributed by atoms with Gasteiger partial charge in [0.05, 0.1) is 24.4 Å². The number of methoxy groups -OCH3 is 1. The summed E-state index contributed by atoms with van der Waals surface area (Å²) in [5, 5.41) is 7.84. The van der Waals surface area contributed by atoms with Gasteiger partial charge in [-0.15, -0.1) is 0 Å². The summed E-state index contributed by atoms with van der Waals surface area (Å²) in [4.78, 5) is 30.2. The first-order valence-electron chi connectivity index (χ1n) is 10.6. The zero-order chi connectivity index (χ0) is 24.8. The van der Waals surface area contributed by atoms with Gasteiger partial charge in [-0.25, -0.2) is 4.98 Å². The number of hydrogen-bond acceptors (Lipinski definition) is 5. The van der Waals surface area contributed by atoms with Crippen LogP contribution in [0.5, 0.6) is 5.75 Å². The summed E-state index contributed by atoms with van der Waals surface area (Å²) in [6.45, 7) is 6.73.